The fraction of sp³-hybridized carbons (Fsp3) is 0.0833. The lowest BCUT2D eigenvalue weighted by Crippen LogP contribution is -2.08. The van der Waals surface area contributed by atoms with Gasteiger partial charge in [-0.05, 0) is 47.4 Å². The summed E-state index contributed by atoms with van der Waals surface area (Å²) in [6, 6.07) is 33.8. The van der Waals surface area contributed by atoms with E-state index in [9.17, 15) is 0 Å². The van der Waals surface area contributed by atoms with Crippen LogP contribution in [0.2, 0.25) is 0 Å². The van der Waals surface area contributed by atoms with Gasteiger partial charge in [-0.2, -0.15) is 0 Å². The molecule has 0 amide bonds. The number of nitrogens with zero attached hydrogens (tertiary/aromatic N) is 3. The van der Waals surface area contributed by atoms with Crippen LogP contribution in [0.3, 0.4) is 0 Å². The summed E-state index contributed by atoms with van der Waals surface area (Å²) in [4.78, 5) is 15.6. The molecular formula is C36H27N3. The van der Waals surface area contributed by atoms with Gasteiger partial charge in [-0.1, -0.05) is 109 Å². The molecule has 186 valence electrons. The van der Waals surface area contributed by atoms with Crippen LogP contribution in [0.15, 0.2) is 126 Å². The van der Waals surface area contributed by atoms with E-state index in [1.807, 2.05) is 12.1 Å². The molecule has 0 aliphatic heterocycles. The molecule has 3 nitrogen and oxygen atoms in total. The van der Waals surface area contributed by atoms with Gasteiger partial charge in [-0.3, -0.25) is 4.99 Å². The van der Waals surface area contributed by atoms with Gasteiger partial charge in [0.25, 0.3) is 0 Å². The van der Waals surface area contributed by atoms with Crippen molar-refractivity contribution in [1.82, 2.24) is 9.97 Å². The molecule has 39 heavy (non-hydrogen) atoms. The predicted molar refractivity (Wildman–Crippen MR) is 162 cm³/mol. The van der Waals surface area contributed by atoms with E-state index in [1.165, 1.54) is 16.7 Å². The lowest BCUT2D eigenvalue weighted by molar-refractivity contribution is 0.923. The van der Waals surface area contributed by atoms with Crippen molar-refractivity contribution >= 4 is 34.0 Å². The number of aromatic nitrogens is 2. The van der Waals surface area contributed by atoms with Crippen LogP contribution < -0.4 is 0 Å². The van der Waals surface area contributed by atoms with Gasteiger partial charge in [0.1, 0.15) is 5.82 Å². The number of fused-ring (bicyclic) bond motifs is 2. The summed E-state index contributed by atoms with van der Waals surface area (Å²) >= 11 is 0. The number of benzene rings is 4. The molecule has 1 atom stereocenters. The van der Waals surface area contributed by atoms with Gasteiger partial charge in [-0.15, -0.1) is 0 Å². The molecule has 0 bridgehead atoms. The SMILES string of the molecule is Cc1ccc2c(c1N=C1C=CC=CC1)C=C(c1ccccc1)C2c1nc(-c2ccccc2)c2ccccc2n1. The van der Waals surface area contributed by atoms with E-state index in [2.05, 4.69) is 122 Å². The Bertz CT molecular complexity index is 1830. The molecule has 1 unspecified atom stereocenters. The first-order valence-corrected chi connectivity index (χ1v) is 13.4. The maximum atomic E-state index is 5.29. The largest absolute Gasteiger partial charge is 0.252 e. The van der Waals surface area contributed by atoms with E-state index in [-0.39, 0.29) is 5.92 Å². The van der Waals surface area contributed by atoms with Gasteiger partial charge < -0.3 is 0 Å². The second kappa shape index (κ2) is 9.77. The molecule has 0 N–H and O–H groups in total. The highest BCUT2D eigenvalue weighted by atomic mass is 14.9. The summed E-state index contributed by atoms with van der Waals surface area (Å²) < 4.78 is 0. The van der Waals surface area contributed by atoms with Crippen molar-refractivity contribution in [3.63, 3.8) is 0 Å². The van der Waals surface area contributed by atoms with Crippen molar-refractivity contribution in [2.75, 3.05) is 0 Å². The Morgan fingerprint density at radius 2 is 1.49 bits per heavy atom. The number of hydrogen-bond acceptors (Lipinski definition) is 3. The molecule has 2 aliphatic carbocycles. The second-order valence-electron chi connectivity index (χ2n) is 10.0. The van der Waals surface area contributed by atoms with Crippen molar-refractivity contribution in [2.45, 2.75) is 19.3 Å². The van der Waals surface area contributed by atoms with Crippen LogP contribution in [-0.4, -0.2) is 15.7 Å². The molecule has 5 aromatic rings. The van der Waals surface area contributed by atoms with Gasteiger partial charge >= 0.3 is 0 Å². The first-order valence-electron chi connectivity index (χ1n) is 13.4. The predicted octanol–water partition coefficient (Wildman–Crippen LogP) is 8.88. The Kier molecular flexibility index (Phi) is 5.82. The lowest BCUT2D eigenvalue weighted by Gasteiger charge is -2.19. The Morgan fingerprint density at radius 3 is 2.26 bits per heavy atom. The maximum absolute atomic E-state index is 5.29. The third-order valence-electron chi connectivity index (χ3n) is 7.53. The second-order valence-corrected chi connectivity index (χ2v) is 10.0. The summed E-state index contributed by atoms with van der Waals surface area (Å²) in [5, 5.41) is 1.06. The summed E-state index contributed by atoms with van der Waals surface area (Å²) in [5.74, 6) is 0.708. The normalized spacial score (nSPS) is 17.0. The van der Waals surface area contributed by atoms with E-state index < -0.39 is 0 Å². The lowest BCUT2D eigenvalue weighted by atomic mass is 9.89. The van der Waals surface area contributed by atoms with Crippen LogP contribution in [0.5, 0.6) is 0 Å². The van der Waals surface area contributed by atoms with Gasteiger partial charge in [0, 0.05) is 28.6 Å². The first kappa shape index (κ1) is 23.2. The molecule has 4 aromatic carbocycles. The van der Waals surface area contributed by atoms with Gasteiger partial charge in [-0.25, -0.2) is 9.97 Å². The van der Waals surface area contributed by atoms with Crippen molar-refractivity contribution in [3.05, 3.63) is 149 Å². The van der Waals surface area contributed by atoms with Crippen LogP contribution in [0.4, 0.5) is 5.69 Å². The molecule has 1 aromatic heterocycles. The summed E-state index contributed by atoms with van der Waals surface area (Å²) in [5.41, 5.74) is 11.0. The quantitative estimate of drug-likeness (QED) is 0.247. The van der Waals surface area contributed by atoms with Crippen LogP contribution in [0.25, 0.3) is 33.8 Å². The molecule has 0 fully saturated rings. The van der Waals surface area contributed by atoms with E-state index in [4.69, 9.17) is 15.0 Å². The highest BCUT2D eigenvalue weighted by molar-refractivity contribution is 6.02. The van der Waals surface area contributed by atoms with E-state index in [1.54, 1.807) is 0 Å². The number of aliphatic imine (C=N–C) groups is 1. The van der Waals surface area contributed by atoms with Crippen molar-refractivity contribution < 1.29 is 0 Å². The Labute approximate surface area is 228 Å². The van der Waals surface area contributed by atoms with Crippen LogP contribution >= 0.6 is 0 Å². The van der Waals surface area contributed by atoms with Crippen molar-refractivity contribution in [3.8, 4) is 11.3 Å². The molecule has 0 radical (unpaired) electrons. The summed E-state index contributed by atoms with van der Waals surface area (Å²) in [6.07, 6.45) is 11.5. The zero-order chi connectivity index (χ0) is 26.2. The van der Waals surface area contributed by atoms with Crippen molar-refractivity contribution in [2.24, 2.45) is 4.99 Å². The minimum Gasteiger partial charge on any atom is -0.252 e. The average molecular weight is 502 g/mol. The Hall–Kier alpha value is -4.89. The molecule has 0 spiro atoms. The average Bonchev–Trinajstić information content (AvgIpc) is 3.39. The van der Waals surface area contributed by atoms with Crippen LogP contribution in [-0.2, 0) is 0 Å². The van der Waals surface area contributed by atoms with Gasteiger partial charge in [0.2, 0.25) is 0 Å². The molecule has 0 saturated carbocycles. The highest BCUT2D eigenvalue weighted by Crippen LogP contribution is 2.49. The standard InChI is InChI=1S/C36H27N3/c1-24-21-22-28-31(34(24)37-27-17-9-4-10-18-27)23-30(25-13-5-2-6-14-25)33(28)36-38-32-20-12-11-19-29(32)35(39-36)26-15-7-3-8-16-26/h2-17,19-23,33H,18H2,1H3. The number of allylic oxidation sites excluding steroid dienone is 5. The maximum Gasteiger partial charge on any atom is 0.141 e. The molecule has 1 heterocycles. The third-order valence-corrected chi connectivity index (χ3v) is 7.53. The number of para-hydroxylation sites is 1. The number of aryl methyl sites for hydroxylation is 1. The summed E-state index contributed by atoms with van der Waals surface area (Å²) in [6.45, 7) is 2.14. The Morgan fingerprint density at radius 1 is 0.744 bits per heavy atom. The highest BCUT2D eigenvalue weighted by Gasteiger charge is 2.33. The fourth-order valence-electron chi connectivity index (χ4n) is 5.62. The monoisotopic (exact) mass is 501 g/mol. The minimum atomic E-state index is -0.101. The van der Waals surface area contributed by atoms with Gasteiger partial charge in [0.15, 0.2) is 0 Å². The zero-order valence-electron chi connectivity index (χ0n) is 21.8. The summed E-state index contributed by atoms with van der Waals surface area (Å²) in [7, 11) is 0. The van der Waals surface area contributed by atoms with E-state index >= 15 is 0 Å². The van der Waals surface area contributed by atoms with Gasteiger partial charge in [0.05, 0.1) is 22.8 Å². The number of rotatable bonds is 4. The third kappa shape index (κ3) is 4.22. The smallest absolute Gasteiger partial charge is 0.141 e. The topological polar surface area (TPSA) is 38.1 Å². The molecule has 3 heteroatoms. The van der Waals surface area contributed by atoms with E-state index in [0.29, 0.717) is 0 Å². The van der Waals surface area contributed by atoms with Crippen molar-refractivity contribution in [1.29, 1.82) is 0 Å². The first-order chi connectivity index (χ1) is 19.3. The fourth-order valence-corrected chi connectivity index (χ4v) is 5.62. The zero-order valence-corrected chi connectivity index (χ0v) is 21.8. The van der Waals surface area contributed by atoms with Crippen LogP contribution in [0, 0.1) is 6.92 Å². The molecule has 7 rings (SSSR count). The molecule has 2 aliphatic rings. The minimum absolute atomic E-state index is 0.101. The molecular weight excluding hydrogens is 474 g/mol. The molecule has 0 saturated heterocycles. The van der Waals surface area contributed by atoms with Crippen LogP contribution in [0.1, 0.15) is 40.4 Å². The number of hydrogen-bond donors (Lipinski definition) is 0. The van der Waals surface area contributed by atoms with E-state index in [0.717, 1.165) is 56.9 Å². The Balaban J connectivity index is 1.48.